The first-order chi connectivity index (χ1) is 8.00. The minimum atomic E-state index is -0.921. The third-order valence-electron chi connectivity index (χ3n) is 2.07. The molecule has 1 heterocycles. The molecule has 6 heteroatoms. The average molecular weight is 254 g/mol. The van der Waals surface area contributed by atoms with E-state index in [1.54, 1.807) is 19.3 Å². The number of rotatable bonds is 5. The van der Waals surface area contributed by atoms with Crippen LogP contribution in [0.5, 0.6) is 0 Å². The van der Waals surface area contributed by atoms with Gasteiger partial charge in [-0.3, -0.25) is 9.48 Å². The van der Waals surface area contributed by atoms with Crippen LogP contribution in [0, 0.1) is 0 Å². The van der Waals surface area contributed by atoms with Crippen LogP contribution < -0.4 is 0 Å². The number of carbonyl (C=O) groups excluding carboxylic acids is 1. The van der Waals surface area contributed by atoms with Gasteiger partial charge in [0.1, 0.15) is 6.04 Å². The number of hydrogen-bond acceptors (Lipinski definition) is 4. The molecule has 92 valence electrons. The third kappa shape index (κ3) is 4.44. The Bertz CT molecular complexity index is 440. The lowest BCUT2D eigenvalue weighted by atomic mass is 10.3. The van der Waals surface area contributed by atoms with Crippen molar-refractivity contribution in [3.05, 3.63) is 24.0 Å². The van der Waals surface area contributed by atoms with Crippen molar-refractivity contribution in [1.82, 2.24) is 9.78 Å². The number of hydrogen-bond donors (Lipinski definition) is 1. The van der Waals surface area contributed by atoms with Crippen molar-refractivity contribution < 1.29 is 14.7 Å². The minimum absolute atomic E-state index is 0.0739. The number of carboxylic acids is 1. The zero-order valence-corrected chi connectivity index (χ0v) is 10.5. The van der Waals surface area contributed by atoms with Crippen LogP contribution in [0.15, 0.2) is 18.5 Å². The van der Waals surface area contributed by atoms with Crippen LogP contribution in [0.3, 0.4) is 0 Å². The number of aromatic nitrogens is 2. The molecule has 0 saturated carbocycles. The molecule has 0 unspecified atom stereocenters. The van der Waals surface area contributed by atoms with Crippen molar-refractivity contribution in [2.45, 2.75) is 19.9 Å². The van der Waals surface area contributed by atoms with Crippen LogP contribution in [0.4, 0.5) is 0 Å². The van der Waals surface area contributed by atoms with Crippen LogP contribution in [0.25, 0.3) is 6.08 Å². The predicted molar refractivity (Wildman–Crippen MR) is 66.7 cm³/mol. The molecule has 0 aromatic carbocycles. The molecule has 0 aliphatic heterocycles. The molecule has 5 nitrogen and oxygen atoms in total. The van der Waals surface area contributed by atoms with E-state index in [4.69, 9.17) is 5.11 Å². The highest BCUT2D eigenvalue weighted by molar-refractivity contribution is 8.13. The quantitative estimate of drug-likeness (QED) is 0.867. The monoisotopic (exact) mass is 254 g/mol. The Kier molecular flexibility index (Phi) is 4.96. The van der Waals surface area contributed by atoms with Gasteiger partial charge in [0.15, 0.2) is 5.12 Å². The van der Waals surface area contributed by atoms with E-state index in [0.717, 1.165) is 5.56 Å². The van der Waals surface area contributed by atoms with E-state index in [2.05, 4.69) is 5.10 Å². The van der Waals surface area contributed by atoms with Crippen molar-refractivity contribution in [1.29, 1.82) is 0 Å². The van der Waals surface area contributed by atoms with Crippen molar-refractivity contribution in [2.24, 2.45) is 0 Å². The Morgan fingerprint density at radius 3 is 2.94 bits per heavy atom. The van der Waals surface area contributed by atoms with E-state index in [9.17, 15) is 9.59 Å². The van der Waals surface area contributed by atoms with Crippen molar-refractivity contribution in [2.75, 3.05) is 5.75 Å². The summed E-state index contributed by atoms with van der Waals surface area (Å²) in [6, 6.07) is -0.677. The van der Waals surface area contributed by atoms with Gasteiger partial charge in [0.05, 0.1) is 6.20 Å². The molecule has 1 rings (SSSR count). The highest BCUT2D eigenvalue weighted by atomic mass is 32.2. The van der Waals surface area contributed by atoms with Crippen molar-refractivity contribution >= 4 is 28.9 Å². The first-order valence-electron chi connectivity index (χ1n) is 5.07. The molecule has 0 bridgehead atoms. The Labute approximate surface area is 104 Å². The average Bonchev–Trinajstić information content (AvgIpc) is 2.71. The predicted octanol–water partition coefficient (Wildman–Crippen LogP) is 1.82. The maximum Gasteiger partial charge on any atom is 0.328 e. The molecule has 0 aliphatic rings. The van der Waals surface area contributed by atoms with Crippen molar-refractivity contribution in [3.8, 4) is 0 Å². The molecule has 0 fully saturated rings. The normalized spacial score (nSPS) is 12.8. The lowest BCUT2D eigenvalue weighted by Crippen LogP contribution is -2.15. The van der Waals surface area contributed by atoms with Gasteiger partial charge < -0.3 is 5.11 Å². The van der Waals surface area contributed by atoms with Crippen LogP contribution in [0.1, 0.15) is 25.5 Å². The van der Waals surface area contributed by atoms with Gasteiger partial charge in [0.2, 0.25) is 0 Å². The standard InChI is InChI=1S/C11H14N2O3S/c1-8(11(15)16)13-7-10(6-12-13)4-3-5-17-9(2)14/h3-4,6-8H,5H2,1-2H3,(H,15,16)/t8-/m0/s1. The molecule has 1 aromatic heterocycles. The maximum absolute atomic E-state index is 10.7. The van der Waals surface area contributed by atoms with Crippen LogP contribution in [-0.2, 0) is 9.59 Å². The fourth-order valence-corrected chi connectivity index (χ4v) is 1.54. The van der Waals surface area contributed by atoms with Gasteiger partial charge in [-0.1, -0.05) is 23.9 Å². The summed E-state index contributed by atoms with van der Waals surface area (Å²) in [5, 5.41) is 12.8. The maximum atomic E-state index is 10.7. The molecule has 0 spiro atoms. The highest BCUT2D eigenvalue weighted by Gasteiger charge is 2.13. The van der Waals surface area contributed by atoms with E-state index < -0.39 is 12.0 Å². The van der Waals surface area contributed by atoms with E-state index in [1.807, 2.05) is 12.2 Å². The van der Waals surface area contributed by atoms with Gasteiger partial charge in [-0.2, -0.15) is 5.10 Å². The molecule has 0 amide bonds. The molecule has 1 aromatic rings. The lowest BCUT2D eigenvalue weighted by molar-refractivity contribution is -0.140. The van der Waals surface area contributed by atoms with Gasteiger partial charge in [0, 0.05) is 24.4 Å². The second-order valence-electron chi connectivity index (χ2n) is 3.47. The number of nitrogens with zero attached hydrogens (tertiary/aromatic N) is 2. The van der Waals surface area contributed by atoms with Gasteiger partial charge in [0.25, 0.3) is 0 Å². The van der Waals surface area contributed by atoms with Gasteiger partial charge in [-0.25, -0.2) is 4.79 Å². The summed E-state index contributed by atoms with van der Waals surface area (Å²) < 4.78 is 1.39. The Hall–Kier alpha value is -1.56. The third-order valence-corrected chi connectivity index (χ3v) is 2.83. The van der Waals surface area contributed by atoms with Gasteiger partial charge in [-0.05, 0) is 6.92 Å². The second kappa shape index (κ2) is 6.24. The Morgan fingerprint density at radius 2 is 2.35 bits per heavy atom. The van der Waals surface area contributed by atoms with Crippen molar-refractivity contribution in [3.63, 3.8) is 0 Å². The van der Waals surface area contributed by atoms with Gasteiger partial charge >= 0.3 is 5.97 Å². The smallest absolute Gasteiger partial charge is 0.328 e. The van der Waals surface area contributed by atoms with Crippen LogP contribution >= 0.6 is 11.8 Å². The first kappa shape index (κ1) is 13.5. The number of thioether (sulfide) groups is 1. The topological polar surface area (TPSA) is 72.2 Å². The number of carboxylic acid groups (broad SMARTS) is 1. The fraction of sp³-hybridized carbons (Fsp3) is 0.364. The summed E-state index contributed by atoms with van der Waals surface area (Å²) in [5.41, 5.74) is 0.822. The van der Waals surface area contributed by atoms with E-state index in [1.165, 1.54) is 23.4 Å². The summed E-state index contributed by atoms with van der Waals surface area (Å²) in [5.74, 6) is -0.314. The molecule has 1 N–H and O–H groups in total. The Morgan fingerprint density at radius 1 is 1.65 bits per heavy atom. The highest BCUT2D eigenvalue weighted by Crippen LogP contribution is 2.09. The summed E-state index contributed by atoms with van der Waals surface area (Å²) in [4.78, 5) is 21.4. The first-order valence-corrected chi connectivity index (χ1v) is 6.06. The minimum Gasteiger partial charge on any atom is -0.480 e. The van der Waals surface area contributed by atoms with Gasteiger partial charge in [-0.15, -0.1) is 0 Å². The molecular weight excluding hydrogens is 240 g/mol. The fourth-order valence-electron chi connectivity index (χ4n) is 1.11. The zero-order chi connectivity index (χ0) is 12.8. The largest absolute Gasteiger partial charge is 0.480 e. The number of aliphatic carboxylic acids is 1. The second-order valence-corrected chi connectivity index (χ2v) is 4.67. The Balaban J connectivity index is 2.56. The van der Waals surface area contributed by atoms with E-state index in [-0.39, 0.29) is 5.12 Å². The zero-order valence-electron chi connectivity index (χ0n) is 9.66. The van der Waals surface area contributed by atoms with E-state index in [0.29, 0.717) is 5.75 Å². The number of carbonyl (C=O) groups is 2. The summed E-state index contributed by atoms with van der Waals surface area (Å²) >= 11 is 1.22. The van der Waals surface area contributed by atoms with E-state index >= 15 is 0 Å². The molecule has 0 aliphatic carbocycles. The van der Waals surface area contributed by atoms with Crippen LogP contribution in [-0.4, -0.2) is 31.7 Å². The van der Waals surface area contributed by atoms with Crippen LogP contribution in [0.2, 0.25) is 0 Å². The SMILES string of the molecule is CC(=O)SCC=Cc1cnn([C@@H](C)C(=O)O)c1. The molecule has 0 radical (unpaired) electrons. The summed E-state index contributed by atoms with van der Waals surface area (Å²) in [6.07, 6.45) is 6.91. The molecule has 17 heavy (non-hydrogen) atoms. The summed E-state index contributed by atoms with van der Waals surface area (Å²) in [7, 11) is 0. The lowest BCUT2D eigenvalue weighted by Gasteiger charge is -2.04. The molecular formula is C11H14N2O3S. The summed E-state index contributed by atoms with van der Waals surface area (Å²) in [6.45, 7) is 3.08. The molecule has 1 atom stereocenters. The molecule has 0 saturated heterocycles.